The molecule has 0 aliphatic rings. The van der Waals surface area contributed by atoms with Crippen LogP contribution in [0.25, 0.3) is 0 Å². The van der Waals surface area contributed by atoms with E-state index in [1.54, 1.807) is 12.1 Å². The SMILES string of the molecule is CCC(CC(O)C(C)O)c1cc(Br)ccc1F. The zero-order chi connectivity index (χ0) is 13.0. The van der Waals surface area contributed by atoms with Crippen LogP contribution in [0.15, 0.2) is 22.7 Å². The summed E-state index contributed by atoms with van der Waals surface area (Å²) in [6.45, 7) is 3.48. The zero-order valence-electron chi connectivity index (χ0n) is 10.0. The van der Waals surface area contributed by atoms with Gasteiger partial charge in [0.15, 0.2) is 0 Å². The first-order chi connectivity index (χ1) is 7.95. The van der Waals surface area contributed by atoms with Crippen molar-refractivity contribution < 1.29 is 14.6 Å². The molecule has 0 aromatic heterocycles. The van der Waals surface area contributed by atoms with Gasteiger partial charge in [-0.15, -0.1) is 0 Å². The average molecular weight is 305 g/mol. The van der Waals surface area contributed by atoms with Gasteiger partial charge in [-0.3, -0.25) is 0 Å². The Bertz CT molecular complexity index is 368. The third-order valence-electron chi connectivity index (χ3n) is 2.97. The van der Waals surface area contributed by atoms with Gasteiger partial charge in [0.25, 0.3) is 0 Å². The van der Waals surface area contributed by atoms with Gasteiger partial charge in [0.2, 0.25) is 0 Å². The molecule has 2 N–H and O–H groups in total. The van der Waals surface area contributed by atoms with Crippen LogP contribution >= 0.6 is 15.9 Å². The highest BCUT2D eigenvalue weighted by Gasteiger charge is 2.21. The fourth-order valence-corrected chi connectivity index (χ4v) is 2.21. The maximum absolute atomic E-state index is 13.7. The molecule has 0 radical (unpaired) electrons. The molecule has 0 saturated heterocycles. The van der Waals surface area contributed by atoms with Crippen molar-refractivity contribution in [1.82, 2.24) is 0 Å². The van der Waals surface area contributed by atoms with Gasteiger partial charge < -0.3 is 10.2 Å². The molecule has 3 unspecified atom stereocenters. The number of aliphatic hydroxyl groups is 2. The van der Waals surface area contributed by atoms with Gasteiger partial charge in [-0.2, -0.15) is 0 Å². The van der Waals surface area contributed by atoms with Crippen LogP contribution in [0.2, 0.25) is 0 Å². The van der Waals surface area contributed by atoms with E-state index in [0.29, 0.717) is 12.0 Å². The standard InChI is InChI=1S/C13H18BrFO2/c1-3-9(6-13(17)8(2)16)11-7-10(14)4-5-12(11)15/h4-5,7-9,13,16-17H,3,6H2,1-2H3. The molecule has 0 bridgehead atoms. The van der Waals surface area contributed by atoms with Gasteiger partial charge in [0, 0.05) is 4.47 Å². The molecular formula is C13H18BrFO2. The summed E-state index contributed by atoms with van der Waals surface area (Å²) in [6.07, 6.45) is -0.531. The Morgan fingerprint density at radius 3 is 2.53 bits per heavy atom. The molecule has 0 aliphatic carbocycles. The lowest BCUT2D eigenvalue weighted by Gasteiger charge is -2.21. The van der Waals surface area contributed by atoms with E-state index in [1.807, 2.05) is 6.92 Å². The van der Waals surface area contributed by atoms with E-state index in [2.05, 4.69) is 15.9 Å². The Hall–Kier alpha value is -0.450. The van der Waals surface area contributed by atoms with Crippen LogP contribution in [0.3, 0.4) is 0 Å². The van der Waals surface area contributed by atoms with E-state index >= 15 is 0 Å². The molecule has 1 aromatic rings. The summed E-state index contributed by atoms with van der Waals surface area (Å²) in [5.41, 5.74) is 0.585. The minimum absolute atomic E-state index is 0.0860. The molecule has 0 aliphatic heterocycles. The van der Waals surface area contributed by atoms with Crippen molar-refractivity contribution in [3.8, 4) is 0 Å². The minimum atomic E-state index is -0.821. The lowest BCUT2D eigenvalue weighted by atomic mass is 9.89. The summed E-state index contributed by atoms with van der Waals surface area (Å²) in [7, 11) is 0. The number of benzene rings is 1. The number of halogens is 2. The van der Waals surface area contributed by atoms with E-state index in [-0.39, 0.29) is 11.7 Å². The molecule has 17 heavy (non-hydrogen) atoms. The summed E-state index contributed by atoms with van der Waals surface area (Å²) in [4.78, 5) is 0. The molecule has 4 heteroatoms. The van der Waals surface area contributed by atoms with E-state index < -0.39 is 12.2 Å². The number of rotatable bonds is 5. The first-order valence-electron chi connectivity index (χ1n) is 5.76. The molecular weight excluding hydrogens is 287 g/mol. The van der Waals surface area contributed by atoms with Crippen LogP contribution in [0.5, 0.6) is 0 Å². The maximum Gasteiger partial charge on any atom is 0.126 e. The third kappa shape index (κ3) is 4.05. The predicted molar refractivity (Wildman–Crippen MR) is 69.4 cm³/mol. The molecule has 3 atom stereocenters. The summed E-state index contributed by atoms with van der Waals surface area (Å²) >= 11 is 3.31. The molecule has 0 spiro atoms. The van der Waals surface area contributed by atoms with Crippen LogP contribution in [0.1, 0.15) is 38.2 Å². The largest absolute Gasteiger partial charge is 0.391 e. The summed E-state index contributed by atoms with van der Waals surface area (Å²) in [5, 5.41) is 18.9. The summed E-state index contributed by atoms with van der Waals surface area (Å²) in [6, 6.07) is 4.80. The lowest BCUT2D eigenvalue weighted by Crippen LogP contribution is -2.25. The zero-order valence-corrected chi connectivity index (χ0v) is 11.6. The summed E-state index contributed by atoms with van der Waals surface area (Å²) < 4.78 is 14.5. The fraction of sp³-hybridized carbons (Fsp3) is 0.538. The number of hydrogen-bond donors (Lipinski definition) is 2. The van der Waals surface area contributed by atoms with Crippen LogP contribution in [0.4, 0.5) is 4.39 Å². The van der Waals surface area contributed by atoms with Crippen LogP contribution in [-0.2, 0) is 0 Å². The first-order valence-corrected chi connectivity index (χ1v) is 6.56. The second-order valence-corrected chi connectivity index (χ2v) is 5.23. The van der Waals surface area contributed by atoms with Crippen molar-refractivity contribution in [1.29, 1.82) is 0 Å². The van der Waals surface area contributed by atoms with Gasteiger partial charge in [-0.25, -0.2) is 4.39 Å². The Morgan fingerprint density at radius 1 is 1.35 bits per heavy atom. The van der Waals surface area contributed by atoms with Gasteiger partial charge in [0.05, 0.1) is 12.2 Å². The average Bonchev–Trinajstić information content (AvgIpc) is 2.29. The number of hydrogen-bond acceptors (Lipinski definition) is 2. The van der Waals surface area contributed by atoms with Crippen molar-refractivity contribution in [2.45, 2.75) is 44.8 Å². The van der Waals surface area contributed by atoms with Gasteiger partial charge in [-0.05, 0) is 49.4 Å². The van der Waals surface area contributed by atoms with Crippen LogP contribution < -0.4 is 0 Å². The molecule has 0 saturated carbocycles. The monoisotopic (exact) mass is 304 g/mol. The topological polar surface area (TPSA) is 40.5 Å². The molecule has 96 valence electrons. The Morgan fingerprint density at radius 2 is 2.00 bits per heavy atom. The van der Waals surface area contributed by atoms with Gasteiger partial charge in [-0.1, -0.05) is 22.9 Å². The molecule has 1 aromatic carbocycles. The Balaban J connectivity index is 2.89. The third-order valence-corrected chi connectivity index (χ3v) is 3.47. The van der Waals surface area contributed by atoms with Crippen molar-refractivity contribution in [2.24, 2.45) is 0 Å². The molecule has 0 amide bonds. The van der Waals surface area contributed by atoms with Gasteiger partial charge in [0.1, 0.15) is 5.82 Å². The second-order valence-electron chi connectivity index (χ2n) is 4.31. The Labute approximate surface area is 110 Å². The van der Waals surface area contributed by atoms with Crippen LogP contribution in [-0.4, -0.2) is 22.4 Å². The van der Waals surface area contributed by atoms with Crippen molar-refractivity contribution in [3.05, 3.63) is 34.1 Å². The fourth-order valence-electron chi connectivity index (χ4n) is 1.83. The highest BCUT2D eigenvalue weighted by Crippen LogP contribution is 2.29. The van der Waals surface area contributed by atoms with E-state index in [4.69, 9.17) is 0 Å². The second kappa shape index (κ2) is 6.47. The molecule has 0 fully saturated rings. The smallest absolute Gasteiger partial charge is 0.126 e. The van der Waals surface area contributed by atoms with Crippen LogP contribution in [0, 0.1) is 5.82 Å². The highest BCUT2D eigenvalue weighted by atomic mass is 79.9. The molecule has 0 heterocycles. The normalized spacial score (nSPS) is 16.6. The van der Waals surface area contributed by atoms with E-state index in [1.165, 1.54) is 13.0 Å². The maximum atomic E-state index is 13.7. The van der Waals surface area contributed by atoms with E-state index in [9.17, 15) is 14.6 Å². The first kappa shape index (κ1) is 14.6. The summed E-state index contributed by atoms with van der Waals surface area (Å²) in [5.74, 6) is -0.352. The number of aliphatic hydroxyl groups excluding tert-OH is 2. The van der Waals surface area contributed by atoms with Gasteiger partial charge >= 0.3 is 0 Å². The minimum Gasteiger partial charge on any atom is -0.391 e. The van der Waals surface area contributed by atoms with Crippen molar-refractivity contribution >= 4 is 15.9 Å². The van der Waals surface area contributed by atoms with Crippen molar-refractivity contribution in [3.63, 3.8) is 0 Å². The highest BCUT2D eigenvalue weighted by molar-refractivity contribution is 9.10. The predicted octanol–water partition coefficient (Wildman–Crippen LogP) is 3.21. The van der Waals surface area contributed by atoms with Crippen molar-refractivity contribution in [2.75, 3.05) is 0 Å². The van der Waals surface area contributed by atoms with E-state index in [0.717, 1.165) is 10.9 Å². The molecule has 1 rings (SSSR count). The molecule has 2 nitrogen and oxygen atoms in total. The quantitative estimate of drug-likeness (QED) is 0.877. The lowest BCUT2D eigenvalue weighted by molar-refractivity contribution is 0.0213. The Kier molecular flexibility index (Phi) is 5.56.